The van der Waals surface area contributed by atoms with Crippen LogP contribution < -0.4 is 4.90 Å². The maximum absolute atomic E-state index is 13.5. The van der Waals surface area contributed by atoms with Gasteiger partial charge in [0.25, 0.3) is 6.43 Å². The lowest BCUT2D eigenvalue weighted by atomic mass is 9.94. The Morgan fingerprint density at radius 3 is 2.57 bits per heavy atom. The van der Waals surface area contributed by atoms with Gasteiger partial charge in [-0.05, 0) is 43.5 Å². The zero-order valence-electron chi connectivity index (χ0n) is 12.5. The molecular weight excluding hydrogens is 272 g/mol. The van der Waals surface area contributed by atoms with E-state index < -0.39 is 6.43 Å². The van der Waals surface area contributed by atoms with E-state index in [2.05, 4.69) is 10.00 Å². The SMILES string of the molecule is Cc1cc(-c2cc3c(cc2C(F)F)N(C)CCC3)nn1C. The molecule has 0 saturated carbocycles. The Kier molecular flexibility index (Phi) is 3.43. The molecule has 2 aromatic rings. The highest BCUT2D eigenvalue weighted by Crippen LogP contribution is 2.38. The van der Waals surface area contributed by atoms with Crippen LogP contribution in [0.3, 0.4) is 0 Å². The number of benzene rings is 1. The minimum absolute atomic E-state index is 0.0700. The van der Waals surface area contributed by atoms with Crippen molar-refractivity contribution in [2.75, 3.05) is 18.5 Å². The molecule has 0 unspecified atom stereocenters. The topological polar surface area (TPSA) is 21.1 Å². The summed E-state index contributed by atoms with van der Waals surface area (Å²) in [4.78, 5) is 2.05. The molecule has 0 radical (unpaired) electrons. The average Bonchev–Trinajstić information content (AvgIpc) is 2.77. The van der Waals surface area contributed by atoms with Crippen molar-refractivity contribution in [3.05, 3.63) is 35.0 Å². The number of fused-ring (bicyclic) bond motifs is 1. The number of hydrogen-bond donors (Lipinski definition) is 0. The van der Waals surface area contributed by atoms with E-state index in [-0.39, 0.29) is 5.56 Å². The van der Waals surface area contributed by atoms with Crippen molar-refractivity contribution >= 4 is 5.69 Å². The molecule has 5 heteroatoms. The Hall–Kier alpha value is -1.91. The predicted octanol–water partition coefficient (Wildman–Crippen LogP) is 3.72. The smallest absolute Gasteiger partial charge is 0.264 e. The summed E-state index contributed by atoms with van der Waals surface area (Å²) >= 11 is 0. The van der Waals surface area contributed by atoms with Crippen molar-refractivity contribution in [3.8, 4) is 11.3 Å². The first kappa shape index (κ1) is 14.0. The number of alkyl halides is 2. The molecule has 0 amide bonds. The van der Waals surface area contributed by atoms with Gasteiger partial charge >= 0.3 is 0 Å². The molecule has 0 aliphatic carbocycles. The Morgan fingerprint density at radius 2 is 1.95 bits per heavy atom. The highest BCUT2D eigenvalue weighted by molar-refractivity contribution is 5.72. The summed E-state index contributed by atoms with van der Waals surface area (Å²) in [5, 5.41) is 4.36. The number of nitrogens with zero attached hydrogens (tertiary/aromatic N) is 3. The molecule has 1 aromatic carbocycles. The van der Waals surface area contributed by atoms with Gasteiger partial charge in [-0.15, -0.1) is 0 Å². The van der Waals surface area contributed by atoms with E-state index >= 15 is 0 Å². The lowest BCUT2D eigenvalue weighted by Crippen LogP contribution is -2.25. The van der Waals surface area contributed by atoms with Crippen LogP contribution >= 0.6 is 0 Å². The fourth-order valence-electron chi connectivity index (χ4n) is 2.93. The number of aromatic nitrogens is 2. The van der Waals surface area contributed by atoms with Gasteiger partial charge in [-0.25, -0.2) is 8.78 Å². The Morgan fingerprint density at radius 1 is 1.19 bits per heavy atom. The molecule has 1 aromatic heterocycles. The molecule has 1 aliphatic rings. The van der Waals surface area contributed by atoms with Gasteiger partial charge in [-0.1, -0.05) is 0 Å². The minimum Gasteiger partial charge on any atom is -0.374 e. The lowest BCUT2D eigenvalue weighted by Gasteiger charge is -2.29. The van der Waals surface area contributed by atoms with Crippen molar-refractivity contribution in [2.45, 2.75) is 26.2 Å². The van der Waals surface area contributed by atoms with Gasteiger partial charge in [0.1, 0.15) is 0 Å². The Labute approximate surface area is 123 Å². The van der Waals surface area contributed by atoms with Crippen LogP contribution in [0.4, 0.5) is 14.5 Å². The molecule has 0 spiro atoms. The lowest BCUT2D eigenvalue weighted by molar-refractivity contribution is 0.152. The number of rotatable bonds is 2. The van der Waals surface area contributed by atoms with Gasteiger partial charge in [0.05, 0.1) is 5.69 Å². The second-order valence-corrected chi connectivity index (χ2v) is 5.69. The fourth-order valence-corrected chi connectivity index (χ4v) is 2.93. The van der Waals surface area contributed by atoms with Gasteiger partial charge in [0.15, 0.2) is 0 Å². The zero-order valence-corrected chi connectivity index (χ0v) is 12.5. The third-order valence-electron chi connectivity index (χ3n) is 4.23. The van der Waals surface area contributed by atoms with Crippen LogP contribution in [0, 0.1) is 6.92 Å². The molecular formula is C16H19F2N3. The standard InChI is InChI=1S/C16H19F2N3/c1-10-7-14(19-21(10)3)12-8-11-5-4-6-20(2)15(11)9-13(12)16(17)18/h7-9,16H,4-6H2,1-3H3. The van der Waals surface area contributed by atoms with Crippen LogP contribution in [0.5, 0.6) is 0 Å². The van der Waals surface area contributed by atoms with E-state index in [0.29, 0.717) is 11.3 Å². The maximum atomic E-state index is 13.5. The predicted molar refractivity (Wildman–Crippen MR) is 79.9 cm³/mol. The second kappa shape index (κ2) is 5.13. The quantitative estimate of drug-likeness (QED) is 0.841. The van der Waals surface area contributed by atoms with Crippen LogP contribution in [-0.2, 0) is 13.5 Å². The largest absolute Gasteiger partial charge is 0.374 e. The summed E-state index contributed by atoms with van der Waals surface area (Å²) < 4.78 is 28.6. The number of anilines is 1. The van der Waals surface area contributed by atoms with Gasteiger partial charge in [0.2, 0.25) is 0 Å². The molecule has 3 nitrogen and oxygen atoms in total. The molecule has 0 saturated heterocycles. The van der Waals surface area contributed by atoms with Crippen molar-refractivity contribution < 1.29 is 8.78 Å². The summed E-state index contributed by atoms with van der Waals surface area (Å²) in [5.74, 6) is 0. The molecule has 3 rings (SSSR count). The minimum atomic E-state index is -2.50. The Balaban J connectivity index is 2.19. The zero-order chi connectivity index (χ0) is 15.1. The summed E-state index contributed by atoms with van der Waals surface area (Å²) in [6.45, 7) is 2.84. The van der Waals surface area contributed by atoms with Crippen molar-refractivity contribution in [1.29, 1.82) is 0 Å². The second-order valence-electron chi connectivity index (χ2n) is 5.69. The highest BCUT2D eigenvalue weighted by Gasteiger charge is 2.22. The number of hydrogen-bond acceptors (Lipinski definition) is 2. The van der Waals surface area contributed by atoms with Crippen molar-refractivity contribution in [2.24, 2.45) is 7.05 Å². The first-order valence-electron chi connectivity index (χ1n) is 7.14. The van der Waals surface area contributed by atoms with Gasteiger partial charge < -0.3 is 4.90 Å². The average molecular weight is 291 g/mol. The van der Waals surface area contributed by atoms with Crippen LogP contribution in [0.25, 0.3) is 11.3 Å². The van der Waals surface area contributed by atoms with E-state index in [0.717, 1.165) is 36.3 Å². The highest BCUT2D eigenvalue weighted by atomic mass is 19.3. The summed E-state index contributed by atoms with van der Waals surface area (Å²) in [7, 11) is 3.78. The molecule has 0 fully saturated rings. The first-order chi connectivity index (χ1) is 9.97. The Bertz CT molecular complexity index is 657. The van der Waals surface area contributed by atoms with E-state index in [1.807, 2.05) is 33.2 Å². The number of halogens is 2. The van der Waals surface area contributed by atoms with E-state index in [1.165, 1.54) is 0 Å². The molecule has 0 N–H and O–H groups in total. The normalized spacial score (nSPS) is 14.7. The van der Waals surface area contributed by atoms with Crippen molar-refractivity contribution in [1.82, 2.24) is 9.78 Å². The third-order valence-corrected chi connectivity index (χ3v) is 4.23. The first-order valence-corrected chi connectivity index (χ1v) is 7.14. The van der Waals surface area contributed by atoms with Gasteiger partial charge in [-0.2, -0.15) is 5.10 Å². The van der Waals surface area contributed by atoms with Gasteiger partial charge in [0, 0.05) is 43.1 Å². The van der Waals surface area contributed by atoms with Crippen LogP contribution in [0.1, 0.15) is 29.7 Å². The van der Waals surface area contributed by atoms with E-state index in [4.69, 9.17) is 0 Å². The van der Waals surface area contributed by atoms with Gasteiger partial charge in [-0.3, -0.25) is 4.68 Å². The number of aryl methyl sites for hydroxylation is 3. The molecule has 0 bridgehead atoms. The molecule has 21 heavy (non-hydrogen) atoms. The third kappa shape index (κ3) is 2.41. The van der Waals surface area contributed by atoms with E-state index in [9.17, 15) is 8.78 Å². The summed E-state index contributed by atoms with van der Waals surface area (Å²) in [5.41, 5.74) is 4.27. The van der Waals surface area contributed by atoms with Crippen LogP contribution in [0.2, 0.25) is 0 Å². The van der Waals surface area contributed by atoms with E-state index in [1.54, 1.807) is 10.7 Å². The fraction of sp³-hybridized carbons (Fsp3) is 0.438. The molecule has 2 heterocycles. The monoisotopic (exact) mass is 291 g/mol. The molecule has 112 valence electrons. The molecule has 1 aliphatic heterocycles. The maximum Gasteiger partial charge on any atom is 0.264 e. The van der Waals surface area contributed by atoms with Crippen LogP contribution in [-0.4, -0.2) is 23.4 Å². The summed E-state index contributed by atoms with van der Waals surface area (Å²) in [6.07, 6.45) is -0.511. The molecule has 0 atom stereocenters. The van der Waals surface area contributed by atoms with Crippen molar-refractivity contribution in [3.63, 3.8) is 0 Å². The summed E-state index contributed by atoms with van der Waals surface area (Å²) in [6, 6.07) is 5.40. The van der Waals surface area contributed by atoms with Crippen LogP contribution in [0.15, 0.2) is 18.2 Å².